The van der Waals surface area contributed by atoms with Gasteiger partial charge in [-0.1, -0.05) is 0 Å². The van der Waals surface area contributed by atoms with Crippen LogP contribution in [-0.2, 0) is 0 Å². The molecule has 1 atom stereocenters. The van der Waals surface area contributed by atoms with Gasteiger partial charge in [-0.05, 0) is 38.6 Å². The number of nitrogens with one attached hydrogen (secondary N) is 1. The van der Waals surface area contributed by atoms with Crippen molar-refractivity contribution < 1.29 is 0 Å². The second-order valence-corrected chi connectivity index (χ2v) is 4.09. The molecule has 1 fully saturated rings. The highest BCUT2D eigenvalue weighted by molar-refractivity contribution is 5.39. The molecule has 0 aromatic carbocycles. The molecule has 5 nitrogen and oxygen atoms in total. The first-order valence-electron chi connectivity index (χ1n) is 5.28. The van der Waals surface area contributed by atoms with Crippen LogP contribution in [0.15, 0.2) is 12.1 Å². The van der Waals surface area contributed by atoms with Crippen LogP contribution in [0.3, 0.4) is 0 Å². The van der Waals surface area contributed by atoms with Crippen LogP contribution in [0.25, 0.3) is 0 Å². The number of nitrogen functional groups attached to an aromatic ring is 1. The highest BCUT2D eigenvalue weighted by atomic mass is 15.2. The summed E-state index contributed by atoms with van der Waals surface area (Å²) < 4.78 is 0. The van der Waals surface area contributed by atoms with Crippen molar-refractivity contribution in [2.45, 2.75) is 18.9 Å². The SMILES string of the molecule is CN1CCCC(Nc2ccc(N)nn2)C1. The molecule has 15 heavy (non-hydrogen) atoms. The van der Waals surface area contributed by atoms with E-state index in [-0.39, 0.29) is 0 Å². The molecule has 0 saturated carbocycles. The summed E-state index contributed by atoms with van der Waals surface area (Å²) in [6.45, 7) is 2.25. The minimum absolute atomic E-state index is 0.460. The van der Waals surface area contributed by atoms with Crippen molar-refractivity contribution >= 4 is 11.6 Å². The van der Waals surface area contributed by atoms with E-state index in [9.17, 15) is 0 Å². The Hall–Kier alpha value is -1.36. The molecule has 5 heteroatoms. The van der Waals surface area contributed by atoms with E-state index in [1.165, 1.54) is 19.4 Å². The van der Waals surface area contributed by atoms with Crippen molar-refractivity contribution in [3.8, 4) is 0 Å². The fourth-order valence-corrected chi connectivity index (χ4v) is 1.91. The van der Waals surface area contributed by atoms with Gasteiger partial charge in [0.1, 0.15) is 11.6 Å². The van der Waals surface area contributed by atoms with Crippen LogP contribution in [0, 0.1) is 0 Å². The molecule has 1 aliphatic rings. The lowest BCUT2D eigenvalue weighted by Crippen LogP contribution is -2.39. The molecule has 82 valence electrons. The number of likely N-dealkylation sites (tertiary alicyclic amines) is 1. The molecule has 0 bridgehead atoms. The largest absolute Gasteiger partial charge is 0.382 e. The Labute approximate surface area is 89.7 Å². The summed E-state index contributed by atoms with van der Waals surface area (Å²) in [6.07, 6.45) is 2.42. The van der Waals surface area contributed by atoms with Gasteiger partial charge in [0.2, 0.25) is 0 Å². The van der Waals surface area contributed by atoms with E-state index in [0.29, 0.717) is 11.9 Å². The fourth-order valence-electron chi connectivity index (χ4n) is 1.91. The molecular formula is C10H17N5. The first-order valence-corrected chi connectivity index (χ1v) is 5.28. The van der Waals surface area contributed by atoms with Crippen LogP contribution in [-0.4, -0.2) is 41.3 Å². The Morgan fingerprint density at radius 1 is 1.47 bits per heavy atom. The van der Waals surface area contributed by atoms with Crippen molar-refractivity contribution in [3.63, 3.8) is 0 Å². The molecule has 0 spiro atoms. The van der Waals surface area contributed by atoms with Crippen LogP contribution in [0.2, 0.25) is 0 Å². The molecular weight excluding hydrogens is 190 g/mol. The second kappa shape index (κ2) is 4.44. The van der Waals surface area contributed by atoms with Gasteiger partial charge in [-0.25, -0.2) is 0 Å². The molecule has 1 aromatic rings. The maximum absolute atomic E-state index is 5.47. The zero-order valence-electron chi connectivity index (χ0n) is 8.98. The minimum atomic E-state index is 0.460. The maximum atomic E-state index is 5.47. The Bertz CT molecular complexity index is 310. The van der Waals surface area contributed by atoms with Crippen molar-refractivity contribution in [1.82, 2.24) is 15.1 Å². The highest BCUT2D eigenvalue weighted by Crippen LogP contribution is 2.13. The van der Waals surface area contributed by atoms with Crippen molar-refractivity contribution in [2.75, 3.05) is 31.2 Å². The average molecular weight is 207 g/mol. The molecule has 1 aliphatic heterocycles. The smallest absolute Gasteiger partial charge is 0.149 e. The average Bonchev–Trinajstić information content (AvgIpc) is 2.22. The zero-order chi connectivity index (χ0) is 10.7. The van der Waals surface area contributed by atoms with Gasteiger partial charge >= 0.3 is 0 Å². The molecule has 3 N–H and O–H groups in total. The number of rotatable bonds is 2. The number of likely N-dealkylation sites (N-methyl/N-ethyl adjacent to an activating group) is 1. The van der Waals surface area contributed by atoms with E-state index in [1.54, 1.807) is 6.07 Å². The Balaban J connectivity index is 1.93. The van der Waals surface area contributed by atoms with Gasteiger partial charge in [-0.3, -0.25) is 0 Å². The third kappa shape index (κ3) is 2.79. The third-order valence-corrected chi connectivity index (χ3v) is 2.66. The Morgan fingerprint density at radius 3 is 3.00 bits per heavy atom. The molecule has 0 amide bonds. The van der Waals surface area contributed by atoms with Gasteiger partial charge in [0, 0.05) is 12.6 Å². The predicted octanol–water partition coefficient (Wildman–Crippen LogP) is 0.565. The number of aromatic nitrogens is 2. The first kappa shape index (κ1) is 10.2. The number of piperidine rings is 1. The molecule has 0 aliphatic carbocycles. The molecule has 0 radical (unpaired) electrons. The van der Waals surface area contributed by atoms with Gasteiger partial charge in [-0.2, -0.15) is 0 Å². The van der Waals surface area contributed by atoms with Crippen LogP contribution >= 0.6 is 0 Å². The van der Waals surface area contributed by atoms with Gasteiger partial charge < -0.3 is 16.0 Å². The standard InChI is InChI=1S/C10H17N5/c1-15-6-2-3-8(7-15)12-10-5-4-9(11)13-14-10/h4-5,8H,2-3,6-7H2,1H3,(H2,11,13)(H,12,14). The molecule has 1 unspecified atom stereocenters. The van der Waals surface area contributed by atoms with Gasteiger partial charge in [0.05, 0.1) is 0 Å². The van der Waals surface area contributed by atoms with E-state index >= 15 is 0 Å². The number of hydrogen-bond donors (Lipinski definition) is 2. The quantitative estimate of drug-likeness (QED) is 0.742. The van der Waals surface area contributed by atoms with Crippen LogP contribution < -0.4 is 11.1 Å². The van der Waals surface area contributed by atoms with E-state index in [2.05, 4.69) is 27.5 Å². The summed E-state index contributed by atoms with van der Waals surface area (Å²) in [5.74, 6) is 1.27. The van der Waals surface area contributed by atoms with Crippen molar-refractivity contribution in [3.05, 3.63) is 12.1 Å². The lowest BCUT2D eigenvalue weighted by Gasteiger charge is -2.30. The fraction of sp³-hybridized carbons (Fsp3) is 0.600. The minimum Gasteiger partial charge on any atom is -0.382 e. The summed E-state index contributed by atoms with van der Waals surface area (Å²) in [5, 5.41) is 11.2. The summed E-state index contributed by atoms with van der Waals surface area (Å²) in [4.78, 5) is 2.33. The van der Waals surface area contributed by atoms with E-state index in [0.717, 1.165) is 12.4 Å². The second-order valence-electron chi connectivity index (χ2n) is 4.09. The molecule has 1 aromatic heterocycles. The van der Waals surface area contributed by atoms with Gasteiger partial charge in [-0.15, -0.1) is 10.2 Å². The maximum Gasteiger partial charge on any atom is 0.149 e. The van der Waals surface area contributed by atoms with Gasteiger partial charge in [0.15, 0.2) is 0 Å². The lowest BCUT2D eigenvalue weighted by molar-refractivity contribution is 0.260. The third-order valence-electron chi connectivity index (χ3n) is 2.66. The highest BCUT2D eigenvalue weighted by Gasteiger charge is 2.16. The van der Waals surface area contributed by atoms with Crippen LogP contribution in [0.4, 0.5) is 11.6 Å². The summed E-state index contributed by atoms with van der Waals surface area (Å²) in [5.41, 5.74) is 5.47. The number of anilines is 2. The monoisotopic (exact) mass is 207 g/mol. The zero-order valence-corrected chi connectivity index (χ0v) is 8.98. The van der Waals surface area contributed by atoms with E-state index in [1.807, 2.05) is 6.07 Å². The summed E-state index contributed by atoms with van der Waals surface area (Å²) >= 11 is 0. The Kier molecular flexibility index (Phi) is 3.01. The molecule has 1 saturated heterocycles. The van der Waals surface area contributed by atoms with Crippen LogP contribution in [0.1, 0.15) is 12.8 Å². The molecule has 2 heterocycles. The van der Waals surface area contributed by atoms with E-state index in [4.69, 9.17) is 5.73 Å². The van der Waals surface area contributed by atoms with Crippen molar-refractivity contribution in [1.29, 1.82) is 0 Å². The van der Waals surface area contributed by atoms with Crippen molar-refractivity contribution in [2.24, 2.45) is 0 Å². The van der Waals surface area contributed by atoms with E-state index < -0.39 is 0 Å². The molecule has 2 rings (SSSR count). The lowest BCUT2D eigenvalue weighted by atomic mass is 10.1. The topological polar surface area (TPSA) is 67.1 Å². The normalized spacial score (nSPS) is 22.6. The Morgan fingerprint density at radius 2 is 2.33 bits per heavy atom. The van der Waals surface area contributed by atoms with Gasteiger partial charge in [0.25, 0.3) is 0 Å². The summed E-state index contributed by atoms with van der Waals surface area (Å²) in [6, 6.07) is 4.11. The number of nitrogens with zero attached hydrogens (tertiary/aromatic N) is 3. The van der Waals surface area contributed by atoms with Crippen LogP contribution in [0.5, 0.6) is 0 Å². The summed E-state index contributed by atoms with van der Waals surface area (Å²) in [7, 11) is 2.14. The number of hydrogen-bond acceptors (Lipinski definition) is 5. The first-order chi connectivity index (χ1) is 7.24. The predicted molar refractivity (Wildman–Crippen MR) is 60.6 cm³/mol. The number of nitrogens with two attached hydrogens (primary N) is 1.